The maximum Gasteiger partial charge on any atom is 0.147 e. The second-order valence-electron chi connectivity index (χ2n) is 8.47. The summed E-state index contributed by atoms with van der Waals surface area (Å²) in [6.45, 7) is 2.94. The van der Waals surface area contributed by atoms with Gasteiger partial charge in [0.05, 0.1) is 11.2 Å². The first-order valence-electron chi connectivity index (χ1n) is 10.9. The maximum absolute atomic E-state index is 11.0. The molecule has 2 aromatic rings. The maximum atomic E-state index is 11.0. The number of benzene rings is 2. The summed E-state index contributed by atoms with van der Waals surface area (Å²) in [4.78, 5) is 4.33. The van der Waals surface area contributed by atoms with E-state index < -0.39 is 11.2 Å². The quantitative estimate of drug-likeness (QED) is 0.442. The molecule has 8 heteroatoms. The van der Waals surface area contributed by atoms with E-state index in [1.54, 1.807) is 0 Å². The Labute approximate surface area is 208 Å². The number of hydrogen-bond donors (Lipinski definition) is 2. The van der Waals surface area contributed by atoms with Gasteiger partial charge >= 0.3 is 0 Å². The zero-order valence-corrected chi connectivity index (χ0v) is 21.1. The molecule has 2 aromatic carbocycles. The molecular weight excluding hydrogens is 477 g/mol. The lowest BCUT2D eigenvalue weighted by atomic mass is 9.85. The van der Waals surface area contributed by atoms with E-state index in [4.69, 9.17) is 24.4 Å². The van der Waals surface area contributed by atoms with Crippen LogP contribution in [0.4, 0.5) is 0 Å². The van der Waals surface area contributed by atoms with Gasteiger partial charge in [0.1, 0.15) is 8.64 Å². The Morgan fingerprint density at radius 3 is 1.25 bits per heavy atom. The molecule has 0 atom stereocenters. The fourth-order valence-corrected chi connectivity index (χ4v) is 7.13. The number of thiocarbonyl (C=S) groups is 2. The summed E-state index contributed by atoms with van der Waals surface area (Å²) in [6, 6.07) is 19.8. The van der Waals surface area contributed by atoms with Crippen molar-refractivity contribution in [3.05, 3.63) is 71.8 Å². The summed E-state index contributed by atoms with van der Waals surface area (Å²) in [7, 11) is 3.05. The zero-order chi connectivity index (χ0) is 22.6. The fourth-order valence-electron chi connectivity index (χ4n) is 4.37. The van der Waals surface area contributed by atoms with Crippen LogP contribution in [0.2, 0.25) is 0 Å². The van der Waals surface area contributed by atoms with Gasteiger partial charge in [0.2, 0.25) is 0 Å². The minimum atomic E-state index is -0.774. The minimum absolute atomic E-state index is 0.664. The molecular formula is C24H28N2O2S4. The molecule has 2 N–H and O–H groups in total. The van der Waals surface area contributed by atoms with Crippen LogP contribution in [0.15, 0.2) is 60.7 Å². The molecule has 32 heavy (non-hydrogen) atoms. The summed E-state index contributed by atoms with van der Waals surface area (Å²) in [5, 5.41) is 22.1. The van der Waals surface area contributed by atoms with Crippen molar-refractivity contribution in [1.29, 1.82) is 0 Å². The van der Waals surface area contributed by atoms with Gasteiger partial charge in [-0.15, -0.1) is 0 Å². The molecule has 2 aliphatic heterocycles. The van der Waals surface area contributed by atoms with Gasteiger partial charge in [0.25, 0.3) is 0 Å². The van der Waals surface area contributed by atoms with Crippen LogP contribution in [-0.2, 0) is 11.2 Å². The lowest BCUT2D eigenvalue weighted by molar-refractivity contribution is -0.0116. The molecule has 2 aliphatic rings. The highest BCUT2D eigenvalue weighted by Crippen LogP contribution is 2.38. The summed E-state index contributed by atoms with van der Waals surface area (Å²) in [5.74, 6) is 0. The van der Waals surface area contributed by atoms with Crippen molar-refractivity contribution in [3.63, 3.8) is 0 Å². The van der Waals surface area contributed by atoms with E-state index in [9.17, 15) is 10.2 Å². The highest BCUT2D eigenvalue weighted by atomic mass is 33.1. The number of likely N-dealkylation sites (tertiary alicyclic amines) is 2. The van der Waals surface area contributed by atoms with E-state index in [1.807, 2.05) is 60.7 Å². The summed E-state index contributed by atoms with van der Waals surface area (Å²) in [5.41, 5.74) is 0.414. The van der Waals surface area contributed by atoms with E-state index in [-0.39, 0.29) is 0 Å². The van der Waals surface area contributed by atoms with Gasteiger partial charge in [-0.05, 0) is 58.4 Å². The van der Waals surface area contributed by atoms with Crippen molar-refractivity contribution in [3.8, 4) is 0 Å². The van der Waals surface area contributed by atoms with Crippen LogP contribution in [0.5, 0.6) is 0 Å². The van der Waals surface area contributed by atoms with Crippen molar-refractivity contribution in [2.24, 2.45) is 0 Å². The number of piperidine rings is 2. The first-order valence-corrected chi connectivity index (χ1v) is 13.8. The average molecular weight is 505 g/mol. The third kappa shape index (κ3) is 5.48. The predicted octanol–water partition coefficient (Wildman–Crippen LogP) is 4.90. The van der Waals surface area contributed by atoms with Crippen LogP contribution in [-0.4, -0.2) is 54.8 Å². The molecule has 0 amide bonds. The molecule has 0 bridgehead atoms. The van der Waals surface area contributed by atoms with Crippen molar-refractivity contribution < 1.29 is 10.2 Å². The smallest absolute Gasteiger partial charge is 0.147 e. The minimum Gasteiger partial charge on any atom is -0.385 e. The van der Waals surface area contributed by atoms with Gasteiger partial charge in [-0.3, -0.25) is 0 Å². The second-order valence-corrected chi connectivity index (χ2v) is 11.9. The van der Waals surface area contributed by atoms with Gasteiger partial charge in [0.15, 0.2) is 0 Å². The number of aliphatic hydroxyl groups is 2. The summed E-state index contributed by atoms with van der Waals surface area (Å²) < 4.78 is 1.62. The van der Waals surface area contributed by atoms with Gasteiger partial charge in [-0.2, -0.15) is 0 Å². The SMILES string of the molecule is OC1(c2ccccc2)CCN(C(=S)SSC(=S)N2CCC(O)(c3ccccc3)CC2)CC1. The molecule has 2 fully saturated rings. The molecule has 0 aromatic heterocycles. The van der Waals surface area contributed by atoms with Crippen LogP contribution < -0.4 is 0 Å². The van der Waals surface area contributed by atoms with E-state index in [1.165, 1.54) is 21.6 Å². The number of rotatable bonds is 2. The topological polar surface area (TPSA) is 46.9 Å². The molecule has 2 saturated heterocycles. The monoisotopic (exact) mass is 504 g/mol. The van der Waals surface area contributed by atoms with Gasteiger partial charge in [-0.1, -0.05) is 85.1 Å². The van der Waals surface area contributed by atoms with Crippen molar-refractivity contribution in [1.82, 2.24) is 9.80 Å². The molecule has 4 rings (SSSR count). The largest absolute Gasteiger partial charge is 0.385 e. The summed E-state index contributed by atoms with van der Waals surface area (Å²) in [6.07, 6.45) is 2.65. The Hall–Kier alpha value is -1.16. The molecule has 0 aliphatic carbocycles. The van der Waals surface area contributed by atoms with Crippen LogP contribution in [0.25, 0.3) is 0 Å². The Kier molecular flexibility index (Phi) is 7.80. The number of nitrogens with zero attached hydrogens (tertiary/aromatic N) is 2. The van der Waals surface area contributed by atoms with Crippen molar-refractivity contribution in [2.45, 2.75) is 36.9 Å². The highest BCUT2D eigenvalue weighted by Gasteiger charge is 2.36. The third-order valence-corrected chi connectivity index (χ3v) is 10.2. The van der Waals surface area contributed by atoms with E-state index in [0.29, 0.717) is 25.7 Å². The van der Waals surface area contributed by atoms with Gasteiger partial charge in [0, 0.05) is 26.2 Å². The predicted molar refractivity (Wildman–Crippen MR) is 143 cm³/mol. The Balaban J connectivity index is 1.22. The molecule has 170 valence electrons. The molecule has 0 spiro atoms. The number of hydrogen-bond acceptors (Lipinski definition) is 6. The van der Waals surface area contributed by atoms with Crippen molar-refractivity contribution >= 4 is 54.7 Å². The Bertz CT molecular complexity index is 848. The molecule has 2 heterocycles. The second kappa shape index (κ2) is 10.4. The van der Waals surface area contributed by atoms with Crippen LogP contribution >= 0.6 is 46.0 Å². The molecule has 0 unspecified atom stereocenters. The molecule has 4 nitrogen and oxygen atoms in total. The fraction of sp³-hybridized carbons (Fsp3) is 0.417. The first kappa shape index (κ1) is 24.0. The third-order valence-electron chi connectivity index (χ3n) is 6.50. The summed E-state index contributed by atoms with van der Waals surface area (Å²) >= 11 is 11.3. The van der Waals surface area contributed by atoms with Crippen LogP contribution in [0.3, 0.4) is 0 Å². The van der Waals surface area contributed by atoms with Crippen molar-refractivity contribution in [2.75, 3.05) is 26.2 Å². The standard InChI is InChI=1S/C24H28N2O2S4/c27-23(19-7-3-1-4-8-19)11-15-25(16-12-23)21(29)31-32-22(30)26-17-13-24(28,14-18-26)20-9-5-2-6-10-20/h1-10,27-28H,11-18H2. The normalized spacial score (nSPS) is 20.1. The lowest BCUT2D eigenvalue weighted by Crippen LogP contribution is -2.44. The molecule has 0 radical (unpaired) electrons. The first-order chi connectivity index (χ1) is 15.4. The lowest BCUT2D eigenvalue weighted by Gasteiger charge is -2.40. The Morgan fingerprint density at radius 2 is 0.938 bits per heavy atom. The van der Waals surface area contributed by atoms with Crippen LogP contribution in [0, 0.1) is 0 Å². The van der Waals surface area contributed by atoms with E-state index in [0.717, 1.165) is 45.9 Å². The Morgan fingerprint density at radius 1 is 0.625 bits per heavy atom. The van der Waals surface area contributed by atoms with Crippen LogP contribution in [0.1, 0.15) is 36.8 Å². The average Bonchev–Trinajstić information content (AvgIpc) is 2.84. The zero-order valence-electron chi connectivity index (χ0n) is 17.9. The van der Waals surface area contributed by atoms with E-state index in [2.05, 4.69) is 9.80 Å². The molecule has 0 saturated carbocycles. The van der Waals surface area contributed by atoms with E-state index >= 15 is 0 Å². The van der Waals surface area contributed by atoms with Gasteiger partial charge in [-0.25, -0.2) is 0 Å². The highest BCUT2D eigenvalue weighted by molar-refractivity contribution is 8.89. The van der Waals surface area contributed by atoms with Gasteiger partial charge < -0.3 is 20.0 Å².